The Bertz CT molecular complexity index is 976. The number of benzene rings is 3. The Kier molecular flexibility index (Phi) is 8.50. The molecule has 0 spiro atoms. The van der Waals surface area contributed by atoms with Gasteiger partial charge in [0.05, 0.1) is 38.1 Å². The second-order valence-electron chi connectivity index (χ2n) is 8.45. The second kappa shape index (κ2) is 12.0. The molecule has 33 heavy (non-hydrogen) atoms. The van der Waals surface area contributed by atoms with E-state index >= 15 is 0 Å². The summed E-state index contributed by atoms with van der Waals surface area (Å²) in [5, 5.41) is 9.34. The fourth-order valence-electron chi connectivity index (χ4n) is 4.21. The highest BCUT2D eigenvalue weighted by molar-refractivity contribution is 5.39. The van der Waals surface area contributed by atoms with Gasteiger partial charge in [-0.1, -0.05) is 72.3 Å². The van der Waals surface area contributed by atoms with E-state index in [0.29, 0.717) is 32.0 Å². The van der Waals surface area contributed by atoms with Crippen molar-refractivity contribution < 1.29 is 24.1 Å². The minimum absolute atomic E-state index is 0.0248. The van der Waals surface area contributed by atoms with E-state index in [4.69, 9.17) is 18.9 Å². The zero-order valence-corrected chi connectivity index (χ0v) is 19.1. The number of hydrogen-bond donors (Lipinski definition) is 1. The Morgan fingerprint density at radius 3 is 2.27 bits per heavy atom. The summed E-state index contributed by atoms with van der Waals surface area (Å²) in [5.74, 6) is 0.640. The van der Waals surface area contributed by atoms with E-state index in [1.165, 1.54) is 0 Å². The van der Waals surface area contributed by atoms with Gasteiger partial charge in [-0.15, -0.1) is 0 Å². The summed E-state index contributed by atoms with van der Waals surface area (Å²) < 4.78 is 24.3. The molecular formula is C28H32O5. The molecule has 3 aromatic rings. The van der Waals surface area contributed by atoms with Gasteiger partial charge in [0.1, 0.15) is 5.75 Å². The van der Waals surface area contributed by atoms with Crippen molar-refractivity contribution in [1.29, 1.82) is 0 Å². The molecule has 5 nitrogen and oxygen atoms in total. The van der Waals surface area contributed by atoms with Crippen molar-refractivity contribution >= 4 is 0 Å². The van der Waals surface area contributed by atoms with Crippen molar-refractivity contribution in [3.63, 3.8) is 0 Å². The lowest BCUT2D eigenvalue weighted by Crippen LogP contribution is -2.36. The van der Waals surface area contributed by atoms with Crippen molar-refractivity contribution in [1.82, 2.24) is 0 Å². The zero-order chi connectivity index (χ0) is 22.9. The lowest BCUT2D eigenvalue weighted by Gasteiger charge is -2.36. The van der Waals surface area contributed by atoms with Crippen LogP contribution in [0.4, 0.5) is 0 Å². The maximum atomic E-state index is 9.34. The number of aliphatic hydroxyl groups is 1. The van der Waals surface area contributed by atoms with Gasteiger partial charge in [-0.25, -0.2) is 0 Å². The average Bonchev–Trinajstić information content (AvgIpc) is 2.85. The van der Waals surface area contributed by atoms with Gasteiger partial charge in [-0.3, -0.25) is 0 Å². The van der Waals surface area contributed by atoms with E-state index in [1.54, 1.807) is 0 Å². The molecule has 1 fully saturated rings. The molecule has 3 aromatic carbocycles. The van der Waals surface area contributed by atoms with Crippen molar-refractivity contribution in [2.45, 2.75) is 51.3 Å². The molecule has 1 aliphatic heterocycles. The first kappa shape index (κ1) is 23.5. The maximum absolute atomic E-state index is 9.34. The summed E-state index contributed by atoms with van der Waals surface area (Å²) in [7, 11) is 0. The third-order valence-corrected chi connectivity index (χ3v) is 5.84. The second-order valence-corrected chi connectivity index (χ2v) is 8.45. The fraction of sp³-hybridized carbons (Fsp3) is 0.357. The normalized spacial score (nSPS) is 20.5. The molecule has 1 aliphatic rings. The molecule has 0 saturated carbocycles. The van der Waals surface area contributed by atoms with E-state index in [-0.39, 0.29) is 25.1 Å². The number of aliphatic hydroxyl groups excluding tert-OH is 1. The monoisotopic (exact) mass is 448 g/mol. The number of aryl methyl sites for hydroxylation is 1. The molecule has 3 atom stereocenters. The number of hydrogen-bond acceptors (Lipinski definition) is 5. The average molecular weight is 449 g/mol. The minimum Gasteiger partial charge on any atom is -0.467 e. The Balaban J connectivity index is 1.46. The minimum atomic E-state index is -0.375. The van der Waals surface area contributed by atoms with E-state index in [1.807, 2.05) is 55.5 Å². The molecule has 0 aliphatic carbocycles. The Labute approximate surface area is 195 Å². The fourth-order valence-corrected chi connectivity index (χ4v) is 4.21. The Hall–Kier alpha value is -2.70. The predicted molar refractivity (Wildman–Crippen MR) is 127 cm³/mol. The largest absolute Gasteiger partial charge is 0.467 e. The van der Waals surface area contributed by atoms with Gasteiger partial charge in [0.15, 0.2) is 6.79 Å². The van der Waals surface area contributed by atoms with Gasteiger partial charge < -0.3 is 24.1 Å². The van der Waals surface area contributed by atoms with Gasteiger partial charge in [0, 0.05) is 18.4 Å². The molecule has 1 saturated heterocycles. The molecular weight excluding hydrogens is 416 g/mol. The van der Waals surface area contributed by atoms with Crippen molar-refractivity contribution in [3.8, 4) is 5.75 Å². The third kappa shape index (κ3) is 6.89. The first-order valence-electron chi connectivity index (χ1n) is 11.5. The molecule has 5 heteroatoms. The third-order valence-electron chi connectivity index (χ3n) is 5.84. The molecule has 4 rings (SSSR count). The lowest BCUT2D eigenvalue weighted by atomic mass is 9.94. The zero-order valence-electron chi connectivity index (χ0n) is 19.1. The molecule has 0 bridgehead atoms. The summed E-state index contributed by atoms with van der Waals surface area (Å²) in [5.41, 5.74) is 4.34. The van der Waals surface area contributed by atoms with Crippen molar-refractivity contribution in [2.75, 3.05) is 13.4 Å². The highest BCUT2D eigenvalue weighted by atomic mass is 16.6. The van der Waals surface area contributed by atoms with Crippen LogP contribution in [0, 0.1) is 6.92 Å². The smallest absolute Gasteiger partial charge is 0.186 e. The van der Waals surface area contributed by atoms with Crippen LogP contribution >= 0.6 is 0 Å². The van der Waals surface area contributed by atoms with Crippen molar-refractivity contribution in [3.05, 3.63) is 101 Å². The van der Waals surface area contributed by atoms with Crippen LogP contribution < -0.4 is 4.74 Å². The standard InChI is InChI=1S/C28H32O5/c1-21-12-13-27(32-20-29)26(14-21)28-16-24(31-18-23-10-6-3-7-11-23)15-25(33-28)19-30-17-22-8-4-2-5-9-22/h2-14,24-25,28-29H,15-20H2,1H3. The highest BCUT2D eigenvalue weighted by Crippen LogP contribution is 2.38. The molecule has 0 amide bonds. The van der Waals surface area contributed by atoms with Crippen LogP contribution in [0.3, 0.4) is 0 Å². The summed E-state index contributed by atoms with van der Waals surface area (Å²) in [6.45, 7) is 3.26. The SMILES string of the molecule is Cc1ccc(OCO)c(C2CC(OCc3ccccc3)CC(COCc3ccccc3)O2)c1. The molecule has 0 aromatic heterocycles. The molecule has 3 unspecified atom stereocenters. The number of rotatable bonds is 10. The van der Waals surface area contributed by atoms with Gasteiger partial charge in [-0.2, -0.15) is 0 Å². The van der Waals surface area contributed by atoms with Gasteiger partial charge >= 0.3 is 0 Å². The van der Waals surface area contributed by atoms with E-state index in [0.717, 1.165) is 28.7 Å². The molecule has 0 radical (unpaired) electrons. The number of ether oxygens (including phenoxy) is 4. The maximum Gasteiger partial charge on any atom is 0.186 e. The van der Waals surface area contributed by atoms with E-state index in [2.05, 4.69) is 30.3 Å². The van der Waals surface area contributed by atoms with Crippen LogP contribution in [0.5, 0.6) is 5.75 Å². The van der Waals surface area contributed by atoms with Gasteiger partial charge in [-0.05, 0) is 30.2 Å². The topological polar surface area (TPSA) is 57.2 Å². The van der Waals surface area contributed by atoms with Crippen molar-refractivity contribution in [2.24, 2.45) is 0 Å². The van der Waals surface area contributed by atoms with E-state index in [9.17, 15) is 5.11 Å². The lowest BCUT2D eigenvalue weighted by molar-refractivity contribution is -0.142. The van der Waals surface area contributed by atoms with E-state index < -0.39 is 0 Å². The summed E-state index contributed by atoms with van der Waals surface area (Å²) in [6, 6.07) is 26.3. The summed E-state index contributed by atoms with van der Waals surface area (Å²) >= 11 is 0. The van der Waals surface area contributed by atoms with Crippen LogP contribution in [0.2, 0.25) is 0 Å². The highest BCUT2D eigenvalue weighted by Gasteiger charge is 2.33. The van der Waals surface area contributed by atoms with Crippen LogP contribution in [-0.4, -0.2) is 30.7 Å². The van der Waals surface area contributed by atoms with Crippen LogP contribution in [-0.2, 0) is 27.4 Å². The molecule has 1 N–H and O–H groups in total. The van der Waals surface area contributed by atoms with Gasteiger partial charge in [0.2, 0.25) is 0 Å². The van der Waals surface area contributed by atoms with Crippen LogP contribution in [0.15, 0.2) is 78.9 Å². The summed E-state index contributed by atoms with van der Waals surface area (Å²) in [4.78, 5) is 0. The van der Waals surface area contributed by atoms with Crippen LogP contribution in [0.1, 0.15) is 41.2 Å². The predicted octanol–water partition coefficient (Wildman–Crippen LogP) is 5.35. The summed E-state index contributed by atoms with van der Waals surface area (Å²) in [6.07, 6.45) is 1.20. The Morgan fingerprint density at radius 1 is 0.879 bits per heavy atom. The quantitative estimate of drug-likeness (QED) is 0.424. The molecule has 1 heterocycles. The Morgan fingerprint density at radius 2 is 1.58 bits per heavy atom. The first-order valence-corrected chi connectivity index (χ1v) is 11.5. The van der Waals surface area contributed by atoms with Crippen LogP contribution in [0.25, 0.3) is 0 Å². The molecule has 174 valence electrons. The van der Waals surface area contributed by atoms with Gasteiger partial charge in [0.25, 0.3) is 0 Å². The first-order chi connectivity index (χ1) is 16.2.